The number of alkyl halides is 3. The minimum atomic E-state index is -4.70. The first-order valence-corrected chi connectivity index (χ1v) is 6.02. The van der Waals surface area contributed by atoms with E-state index in [0.29, 0.717) is 0 Å². The smallest absolute Gasteiger partial charge is 0.324 e. The molecule has 1 atom stereocenters. The third-order valence-electron chi connectivity index (χ3n) is 3.60. The Morgan fingerprint density at radius 1 is 1.17 bits per heavy atom. The molecule has 2 rings (SSSR count). The fourth-order valence-corrected chi connectivity index (χ4v) is 2.69. The van der Waals surface area contributed by atoms with Crippen LogP contribution in [0.2, 0.25) is 0 Å². The minimum absolute atomic E-state index is 0.0212. The third kappa shape index (κ3) is 2.51. The molecule has 1 aromatic rings. The van der Waals surface area contributed by atoms with Crippen molar-refractivity contribution in [2.75, 3.05) is 0 Å². The molecule has 100 valence electrons. The normalized spacial score (nSPS) is 19.2. The van der Waals surface area contributed by atoms with Crippen molar-refractivity contribution < 1.29 is 17.6 Å². The van der Waals surface area contributed by atoms with E-state index in [1.807, 2.05) is 0 Å². The minimum Gasteiger partial charge on any atom is -0.324 e. The number of hydrogen-bond acceptors (Lipinski definition) is 1. The van der Waals surface area contributed by atoms with Gasteiger partial charge in [0.15, 0.2) is 0 Å². The predicted molar refractivity (Wildman–Crippen MR) is 60.3 cm³/mol. The van der Waals surface area contributed by atoms with Gasteiger partial charge >= 0.3 is 6.18 Å². The van der Waals surface area contributed by atoms with Gasteiger partial charge in [0.05, 0.1) is 5.56 Å². The maximum atomic E-state index is 13.4. The maximum absolute atomic E-state index is 13.4. The van der Waals surface area contributed by atoms with Crippen LogP contribution in [0.1, 0.15) is 42.9 Å². The highest BCUT2D eigenvalue weighted by Crippen LogP contribution is 2.41. The van der Waals surface area contributed by atoms with E-state index in [0.717, 1.165) is 31.7 Å². The molecule has 1 fully saturated rings. The second-order valence-corrected chi connectivity index (χ2v) is 4.77. The molecular formula is C13H15F4N. The molecule has 0 unspecified atom stereocenters. The highest BCUT2D eigenvalue weighted by atomic mass is 19.4. The first-order chi connectivity index (χ1) is 8.41. The summed E-state index contributed by atoms with van der Waals surface area (Å²) >= 11 is 0. The second-order valence-electron chi connectivity index (χ2n) is 4.77. The maximum Gasteiger partial charge on any atom is 0.419 e. The van der Waals surface area contributed by atoms with Gasteiger partial charge in [-0.2, -0.15) is 13.2 Å². The molecular weight excluding hydrogens is 246 g/mol. The van der Waals surface area contributed by atoms with Crippen molar-refractivity contribution in [3.05, 3.63) is 35.1 Å². The highest BCUT2D eigenvalue weighted by molar-refractivity contribution is 5.34. The van der Waals surface area contributed by atoms with E-state index in [1.54, 1.807) is 0 Å². The zero-order valence-corrected chi connectivity index (χ0v) is 9.80. The monoisotopic (exact) mass is 261 g/mol. The first kappa shape index (κ1) is 13.3. The fraction of sp³-hybridized carbons (Fsp3) is 0.538. The van der Waals surface area contributed by atoms with Gasteiger partial charge in [0.1, 0.15) is 5.82 Å². The molecule has 18 heavy (non-hydrogen) atoms. The quantitative estimate of drug-likeness (QED) is 0.799. The van der Waals surface area contributed by atoms with Crippen molar-refractivity contribution in [3.63, 3.8) is 0 Å². The molecule has 0 saturated heterocycles. The van der Waals surface area contributed by atoms with Gasteiger partial charge in [0.2, 0.25) is 0 Å². The number of nitrogens with two attached hydrogens (primary N) is 1. The van der Waals surface area contributed by atoms with Crippen molar-refractivity contribution in [2.24, 2.45) is 11.7 Å². The Hall–Kier alpha value is -1.10. The van der Waals surface area contributed by atoms with Crippen LogP contribution in [0, 0.1) is 11.7 Å². The number of rotatable bonds is 2. The van der Waals surface area contributed by atoms with Crippen molar-refractivity contribution in [1.29, 1.82) is 0 Å². The van der Waals surface area contributed by atoms with Crippen LogP contribution >= 0.6 is 0 Å². The lowest BCUT2D eigenvalue weighted by Crippen LogP contribution is -2.24. The van der Waals surface area contributed by atoms with Gasteiger partial charge in [-0.25, -0.2) is 4.39 Å². The zero-order chi connectivity index (χ0) is 13.3. The van der Waals surface area contributed by atoms with Crippen LogP contribution < -0.4 is 5.73 Å². The molecule has 0 radical (unpaired) electrons. The van der Waals surface area contributed by atoms with Crippen molar-refractivity contribution >= 4 is 0 Å². The van der Waals surface area contributed by atoms with Gasteiger partial charge in [-0.15, -0.1) is 0 Å². The lowest BCUT2D eigenvalue weighted by molar-refractivity contribution is -0.140. The molecule has 0 amide bonds. The van der Waals surface area contributed by atoms with E-state index in [4.69, 9.17) is 5.73 Å². The summed E-state index contributed by atoms with van der Waals surface area (Å²) < 4.78 is 52.0. The molecule has 0 aromatic heterocycles. The average molecular weight is 261 g/mol. The highest BCUT2D eigenvalue weighted by Gasteiger charge is 2.39. The lowest BCUT2D eigenvalue weighted by Gasteiger charge is -2.23. The van der Waals surface area contributed by atoms with E-state index in [-0.39, 0.29) is 11.5 Å². The average Bonchev–Trinajstić information content (AvgIpc) is 2.79. The van der Waals surface area contributed by atoms with Crippen LogP contribution in [-0.2, 0) is 6.18 Å². The van der Waals surface area contributed by atoms with E-state index in [2.05, 4.69) is 0 Å². The second kappa shape index (κ2) is 4.88. The molecule has 1 aliphatic carbocycles. The van der Waals surface area contributed by atoms with Gasteiger partial charge in [0, 0.05) is 6.04 Å². The van der Waals surface area contributed by atoms with E-state index in [1.165, 1.54) is 12.1 Å². The van der Waals surface area contributed by atoms with E-state index >= 15 is 0 Å². The molecule has 5 heteroatoms. The number of halogens is 4. The first-order valence-electron chi connectivity index (χ1n) is 6.02. The molecule has 0 heterocycles. The van der Waals surface area contributed by atoms with Crippen molar-refractivity contribution in [3.8, 4) is 0 Å². The Morgan fingerprint density at radius 2 is 1.78 bits per heavy atom. The number of hydrogen-bond donors (Lipinski definition) is 1. The Kier molecular flexibility index (Phi) is 3.61. The van der Waals surface area contributed by atoms with E-state index in [9.17, 15) is 17.6 Å². The van der Waals surface area contributed by atoms with Crippen LogP contribution in [0.4, 0.5) is 17.6 Å². The van der Waals surface area contributed by atoms with Gasteiger partial charge in [0.25, 0.3) is 0 Å². The topological polar surface area (TPSA) is 26.0 Å². The fourth-order valence-electron chi connectivity index (χ4n) is 2.69. The van der Waals surface area contributed by atoms with Gasteiger partial charge in [-0.1, -0.05) is 25.0 Å². The Morgan fingerprint density at radius 3 is 2.33 bits per heavy atom. The molecule has 1 aliphatic rings. The van der Waals surface area contributed by atoms with E-state index < -0.39 is 23.6 Å². The lowest BCUT2D eigenvalue weighted by atomic mass is 9.89. The Labute approximate surface area is 103 Å². The molecule has 1 saturated carbocycles. The summed E-state index contributed by atoms with van der Waals surface area (Å²) in [7, 11) is 0. The van der Waals surface area contributed by atoms with Crippen LogP contribution in [0.3, 0.4) is 0 Å². The predicted octanol–water partition coefficient (Wildman–Crippen LogP) is 4.03. The molecule has 0 spiro atoms. The third-order valence-corrected chi connectivity index (χ3v) is 3.60. The molecule has 1 aromatic carbocycles. The van der Waals surface area contributed by atoms with Crippen LogP contribution in [0.5, 0.6) is 0 Å². The van der Waals surface area contributed by atoms with Gasteiger partial charge in [-0.3, -0.25) is 0 Å². The van der Waals surface area contributed by atoms with Gasteiger partial charge in [-0.05, 0) is 30.4 Å². The van der Waals surface area contributed by atoms with Crippen molar-refractivity contribution in [2.45, 2.75) is 37.9 Å². The van der Waals surface area contributed by atoms with Gasteiger partial charge < -0.3 is 5.73 Å². The van der Waals surface area contributed by atoms with Crippen LogP contribution in [-0.4, -0.2) is 0 Å². The molecule has 2 N–H and O–H groups in total. The summed E-state index contributed by atoms with van der Waals surface area (Å²) in [4.78, 5) is 0. The van der Waals surface area contributed by atoms with Crippen molar-refractivity contribution in [1.82, 2.24) is 0 Å². The zero-order valence-electron chi connectivity index (χ0n) is 9.80. The standard InChI is InChI=1S/C13H15F4N/c14-10-7-3-6-9(11(10)13(15,16)17)12(18)8-4-1-2-5-8/h3,6-8,12H,1-2,4-5,18H2/t12-/m0/s1. The molecule has 1 nitrogen and oxygen atoms in total. The largest absolute Gasteiger partial charge is 0.419 e. The summed E-state index contributed by atoms with van der Waals surface area (Å²) in [6.07, 6.45) is -1.11. The number of benzene rings is 1. The SMILES string of the molecule is N[C@H](c1cccc(F)c1C(F)(F)F)C1CCCC1. The van der Waals surface area contributed by atoms with Crippen LogP contribution in [0.15, 0.2) is 18.2 Å². The summed E-state index contributed by atoms with van der Waals surface area (Å²) in [6.45, 7) is 0. The summed E-state index contributed by atoms with van der Waals surface area (Å²) in [6, 6.07) is 2.66. The summed E-state index contributed by atoms with van der Waals surface area (Å²) in [5.74, 6) is -1.22. The molecule has 0 bridgehead atoms. The molecule has 0 aliphatic heterocycles. The van der Waals surface area contributed by atoms with Crippen LogP contribution in [0.25, 0.3) is 0 Å². The Balaban J connectivity index is 2.40. The summed E-state index contributed by atoms with van der Waals surface area (Å²) in [5, 5.41) is 0. The Bertz CT molecular complexity index is 421. The summed E-state index contributed by atoms with van der Waals surface area (Å²) in [5.41, 5.74) is 4.58.